The van der Waals surface area contributed by atoms with E-state index >= 15 is 0 Å². The summed E-state index contributed by atoms with van der Waals surface area (Å²) in [4.78, 5) is 9.74. The van der Waals surface area contributed by atoms with Gasteiger partial charge in [0.1, 0.15) is 16.5 Å². The van der Waals surface area contributed by atoms with Crippen LogP contribution in [0.25, 0.3) is 0 Å². The fourth-order valence-electron chi connectivity index (χ4n) is 2.96. The van der Waals surface area contributed by atoms with Gasteiger partial charge in [-0.25, -0.2) is 4.99 Å². The number of ether oxygens (including phenoxy) is 2. The minimum atomic E-state index is -0.135. The van der Waals surface area contributed by atoms with Gasteiger partial charge in [0.15, 0.2) is 5.84 Å². The first-order valence-corrected chi connectivity index (χ1v) is 8.84. The van der Waals surface area contributed by atoms with Crippen LogP contribution in [-0.2, 0) is 6.42 Å². The number of halogens is 1. The molecule has 0 saturated carbocycles. The van der Waals surface area contributed by atoms with Crippen molar-refractivity contribution in [3.63, 3.8) is 0 Å². The standard InChI is InChI=1S/C19H15ClN2O2S/c1-2-23-16-6-4-3-5-13(16)17-21-18-14(19(25)22-17)10-11-9-12(20)7-8-15(11)24-18/h3-9,14H,2,10H2,1H3. The highest BCUT2D eigenvalue weighted by atomic mass is 35.5. The zero-order valence-corrected chi connectivity index (χ0v) is 15.1. The Hall–Kier alpha value is -2.24. The number of fused-ring (bicyclic) bond motifs is 2. The minimum absolute atomic E-state index is 0.135. The lowest BCUT2D eigenvalue weighted by Crippen LogP contribution is -2.36. The molecule has 0 fully saturated rings. The summed E-state index contributed by atoms with van der Waals surface area (Å²) in [5, 5.41) is 0.680. The summed E-state index contributed by atoms with van der Waals surface area (Å²) in [6.45, 7) is 2.51. The summed E-state index contributed by atoms with van der Waals surface area (Å²) in [6, 6.07) is 13.2. The number of thiocarbonyl (C=S) groups is 1. The number of para-hydroxylation sites is 1. The van der Waals surface area contributed by atoms with Crippen molar-refractivity contribution < 1.29 is 9.47 Å². The van der Waals surface area contributed by atoms with Crippen molar-refractivity contribution in [1.29, 1.82) is 0 Å². The van der Waals surface area contributed by atoms with Crippen molar-refractivity contribution in [2.24, 2.45) is 15.9 Å². The van der Waals surface area contributed by atoms with E-state index in [1.807, 2.05) is 49.4 Å². The molecule has 2 aliphatic rings. The Morgan fingerprint density at radius 1 is 1.24 bits per heavy atom. The third kappa shape index (κ3) is 3.05. The molecule has 0 spiro atoms. The van der Waals surface area contributed by atoms with Crippen LogP contribution in [0.5, 0.6) is 11.5 Å². The first-order chi connectivity index (χ1) is 12.2. The van der Waals surface area contributed by atoms with E-state index in [0.717, 1.165) is 22.6 Å². The van der Waals surface area contributed by atoms with Crippen LogP contribution in [-0.4, -0.2) is 23.3 Å². The highest BCUT2D eigenvalue weighted by molar-refractivity contribution is 7.80. The van der Waals surface area contributed by atoms with Gasteiger partial charge in [-0.15, -0.1) is 0 Å². The molecule has 25 heavy (non-hydrogen) atoms. The summed E-state index contributed by atoms with van der Waals surface area (Å²) in [7, 11) is 0. The lowest BCUT2D eigenvalue weighted by Gasteiger charge is -2.28. The molecule has 2 aliphatic heterocycles. The normalized spacial score (nSPS) is 18.5. The minimum Gasteiger partial charge on any atom is -0.493 e. The molecule has 0 N–H and O–H groups in total. The Morgan fingerprint density at radius 3 is 2.92 bits per heavy atom. The third-order valence-corrected chi connectivity index (χ3v) is 4.73. The van der Waals surface area contributed by atoms with E-state index in [9.17, 15) is 0 Å². The monoisotopic (exact) mass is 370 g/mol. The topological polar surface area (TPSA) is 43.2 Å². The number of hydrogen-bond acceptors (Lipinski definition) is 4. The maximum Gasteiger partial charge on any atom is 0.207 e. The van der Waals surface area contributed by atoms with Crippen LogP contribution in [0.4, 0.5) is 0 Å². The van der Waals surface area contributed by atoms with E-state index in [4.69, 9.17) is 33.3 Å². The van der Waals surface area contributed by atoms with Crippen molar-refractivity contribution in [3.05, 3.63) is 58.6 Å². The van der Waals surface area contributed by atoms with Gasteiger partial charge in [0.2, 0.25) is 5.90 Å². The number of nitrogens with zero attached hydrogens (tertiary/aromatic N) is 2. The summed E-state index contributed by atoms with van der Waals surface area (Å²) in [5.41, 5.74) is 1.83. The second kappa shape index (κ2) is 6.58. The first-order valence-electron chi connectivity index (χ1n) is 8.05. The highest BCUT2D eigenvalue weighted by Crippen LogP contribution is 2.34. The number of rotatable bonds is 3. The Balaban J connectivity index is 1.73. The van der Waals surface area contributed by atoms with Crippen LogP contribution in [0, 0.1) is 5.92 Å². The van der Waals surface area contributed by atoms with Crippen molar-refractivity contribution in [2.45, 2.75) is 13.3 Å². The van der Waals surface area contributed by atoms with E-state index in [0.29, 0.717) is 34.8 Å². The molecule has 1 atom stereocenters. The van der Waals surface area contributed by atoms with E-state index in [1.54, 1.807) is 0 Å². The Kier molecular flexibility index (Phi) is 4.27. The molecule has 126 valence electrons. The molecule has 2 aromatic rings. The quantitative estimate of drug-likeness (QED) is 0.748. The number of aliphatic imine (C=N–C) groups is 2. The van der Waals surface area contributed by atoms with E-state index in [1.165, 1.54) is 0 Å². The van der Waals surface area contributed by atoms with Gasteiger partial charge in [-0.05, 0) is 49.2 Å². The summed E-state index contributed by atoms with van der Waals surface area (Å²) in [5.74, 6) is 2.47. The van der Waals surface area contributed by atoms with Gasteiger partial charge in [-0.3, -0.25) is 0 Å². The van der Waals surface area contributed by atoms with Crippen molar-refractivity contribution in [3.8, 4) is 11.5 Å². The van der Waals surface area contributed by atoms with Gasteiger partial charge in [0.25, 0.3) is 0 Å². The summed E-state index contributed by atoms with van der Waals surface area (Å²) < 4.78 is 11.7. The molecule has 4 rings (SSSR count). The molecule has 0 radical (unpaired) electrons. The molecule has 0 amide bonds. The van der Waals surface area contributed by atoms with E-state index < -0.39 is 0 Å². The lowest BCUT2D eigenvalue weighted by molar-refractivity contribution is 0.339. The molecule has 0 saturated heterocycles. The summed E-state index contributed by atoms with van der Waals surface area (Å²) >= 11 is 11.6. The highest BCUT2D eigenvalue weighted by Gasteiger charge is 2.34. The second-order valence-electron chi connectivity index (χ2n) is 5.76. The van der Waals surface area contributed by atoms with E-state index in [2.05, 4.69) is 9.98 Å². The number of hydrogen-bond donors (Lipinski definition) is 0. The zero-order valence-electron chi connectivity index (χ0n) is 13.5. The SMILES string of the molecule is CCOc1ccccc1C1=NC(=S)C2Cc3cc(Cl)ccc3OC2=N1. The zero-order chi connectivity index (χ0) is 17.4. The molecule has 0 aromatic heterocycles. The molecule has 2 aromatic carbocycles. The van der Waals surface area contributed by atoms with Crippen molar-refractivity contribution in [1.82, 2.24) is 0 Å². The number of amidine groups is 1. The predicted molar refractivity (Wildman–Crippen MR) is 103 cm³/mol. The Morgan fingerprint density at radius 2 is 2.08 bits per heavy atom. The smallest absolute Gasteiger partial charge is 0.207 e. The fourth-order valence-corrected chi connectivity index (χ4v) is 3.42. The van der Waals surface area contributed by atoms with Gasteiger partial charge in [-0.1, -0.05) is 36.0 Å². The van der Waals surface area contributed by atoms with Crippen LogP contribution < -0.4 is 9.47 Å². The third-order valence-electron chi connectivity index (χ3n) is 4.12. The average Bonchev–Trinajstić information content (AvgIpc) is 2.61. The Bertz CT molecular complexity index is 923. The first kappa shape index (κ1) is 16.2. The van der Waals surface area contributed by atoms with Crippen LogP contribution in [0.1, 0.15) is 18.1 Å². The van der Waals surface area contributed by atoms with Crippen molar-refractivity contribution in [2.75, 3.05) is 6.61 Å². The second-order valence-corrected chi connectivity index (χ2v) is 6.62. The molecular formula is C19H15ClN2O2S. The van der Waals surface area contributed by atoms with Gasteiger partial charge in [-0.2, -0.15) is 4.99 Å². The van der Waals surface area contributed by atoms with Crippen LogP contribution >= 0.6 is 23.8 Å². The molecule has 2 heterocycles. The molecule has 0 bridgehead atoms. The average molecular weight is 371 g/mol. The predicted octanol–water partition coefficient (Wildman–Crippen LogP) is 4.48. The Labute approximate surface area is 156 Å². The van der Waals surface area contributed by atoms with Gasteiger partial charge >= 0.3 is 0 Å². The van der Waals surface area contributed by atoms with Crippen molar-refractivity contribution >= 4 is 40.5 Å². The summed E-state index contributed by atoms with van der Waals surface area (Å²) in [6.07, 6.45) is 0.692. The lowest BCUT2D eigenvalue weighted by atomic mass is 9.94. The molecule has 6 heteroatoms. The maximum absolute atomic E-state index is 6.08. The van der Waals surface area contributed by atoms with Crippen LogP contribution in [0.15, 0.2) is 52.4 Å². The molecule has 0 aliphatic carbocycles. The fraction of sp³-hybridized carbons (Fsp3) is 0.211. The molecule has 1 unspecified atom stereocenters. The van der Waals surface area contributed by atoms with Crippen LogP contribution in [0.3, 0.4) is 0 Å². The van der Waals surface area contributed by atoms with Gasteiger partial charge < -0.3 is 9.47 Å². The molecule has 4 nitrogen and oxygen atoms in total. The molecular weight excluding hydrogens is 356 g/mol. The number of benzene rings is 2. The van der Waals surface area contributed by atoms with Gasteiger partial charge in [0.05, 0.1) is 18.1 Å². The van der Waals surface area contributed by atoms with Crippen LogP contribution in [0.2, 0.25) is 5.02 Å². The largest absolute Gasteiger partial charge is 0.493 e. The van der Waals surface area contributed by atoms with E-state index in [-0.39, 0.29) is 5.92 Å². The maximum atomic E-state index is 6.08. The van der Waals surface area contributed by atoms with Gasteiger partial charge in [0, 0.05) is 5.02 Å².